The van der Waals surface area contributed by atoms with Crippen molar-refractivity contribution in [3.8, 4) is 22.4 Å². The lowest BCUT2D eigenvalue weighted by atomic mass is 9.94. The third kappa shape index (κ3) is 11.2. The predicted molar refractivity (Wildman–Crippen MR) is 193 cm³/mol. The fourth-order valence-corrected chi connectivity index (χ4v) is 6.41. The van der Waals surface area contributed by atoms with Crippen molar-refractivity contribution in [3.63, 3.8) is 0 Å². The van der Waals surface area contributed by atoms with Crippen LogP contribution in [-0.4, -0.2) is 72.2 Å². The zero-order chi connectivity index (χ0) is 37.1. The van der Waals surface area contributed by atoms with Crippen LogP contribution in [0.3, 0.4) is 0 Å². The highest BCUT2D eigenvalue weighted by Crippen LogP contribution is 2.42. The summed E-state index contributed by atoms with van der Waals surface area (Å²) in [7, 11) is 0. The third-order valence-electron chi connectivity index (χ3n) is 8.69. The van der Waals surface area contributed by atoms with E-state index >= 15 is 0 Å². The Kier molecular flexibility index (Phi) is 14.2. The van der Waals surface area contributed by atoms with E-state index in [0.717, 1.165) is 11.3 Å². The second-order valence-corrected chi connectivity index (χ2v) is 13.2. The zero-order valence-corrected chi connectivity index (χ0v) is 28.9. The summed E-state index contributed by atoms with van der Waals surface area (Å²) in [6.07, 6.45) is -5.40. The van der Waals surface area contributed by atoms with Gasteiger partial charge in [0.25, 0.3) is 5.91 Å². The molecule has 1 heterocycles. The number of nitrogens with zero attached hydrogens (tertiary/aromatic N) is 1. The molecular weight excluding hydrogens is 655 g/mol. The summed E-state index contributed by atoms with van der Waals surface area (Å²) < 4.78 is 16.1. The van der Waals surface area contributed by atoms with Crippen LogP contribution in [0.4, 0.5) is 10.1 Å². The van der Waals surface area contributed by atoms with E-state index < -0.39 is 42.6 Å². The molecule has 0 aliphatic carbocycles. The number of carboxylic acids is 1. The molecule has 4 aromatic rings. The van der Waals surface area contributed by atoms with Gasteiger partial charge in [-0.25, -0.2) is 4.39 Å². The van der Waals surface area contributed by atoms with Gasteiger partial charge < -0.3 is 35.4 Å². The lowest BCUT2D eigenvalue weighted by molar-refractivity contribution is -0.139. The van der Waals surface area contributed by atoms with Crippen molar-refractivity contribution in [1.29, 1.82) is 0 Å². The average molecular weight is 703 g/mol. The average Bonchev–Trinajstić information content (AvgIpc) is 3.43. The van der Waals surface area contributed by atoms with Crippen LogP contribution in [-0.2, 0) is 16.1 Å². The van der Waals surface area contributed by atoms with Crippen molar-refractivity contribution in [3.05, 3.63) is 102 Å². The maximum Gasteiger partial charge on any atom is 0.305 e. The highest BCUT2D eigenvalue weighted by molar-refractivity contribution is 6.12. The van der Waals surface area contributed by atoms with Gasteiger partial charge in [-0.3, -0.25) is 14.4 Å². The van der Waals surface area contributed by atoms with Gasteiger partial charge in [-0.15, -0.1) is 0 Å². The minimum absolute atomic E-state index is 0.00644. The molecule has 10 nitrogen and oxygen atoms in total. The van der Waals surface area contributed by atoms with Crippen LogP contribution in [0.2, 0.25) is 0 Å². The number of aromatic nitrogens is 1. The molecular formula is C40H47FN2O8. The van der Waals surface area contributed by atoms with Crippen LogP contribution >= 0.6 is 0 Å². The highest BCUT2D eigenvalue weighted by atomic mass is 19.1. The number of aliphatic hydroxyl groups excluding tert-OH is 4. The number of carboxylic acid groups (broad SMARTS) is 1. The molecule has 0 saturated carbocycles. The quantitative estimate of drug-likeness (QED) is 0.0675. The van der Waals surface area contributed by atoms with E-state index in [9.17, 15) is 39.2 Å². The number of hydrogen-bond acceptors (Lipinski definition) is 7. The number of hydrogen-bond donors (Lipinski definition) is 6. The lowest BCUT2D eigenvalue weighted by Crippen LogP contribution is -2.24. The molecule has 51 heavy (non-hydrogen) atoms. The van der Waals surface area contributed by atoms with Crippen molar-refractivity contribution in [2.75, 3.05) is 5.32 Å². The lowest BCUT2D eigenvalue weighted by Gasteiger charge is -2.20. The number of para-hydroxylation sites is 1. The van der Waals surface area contributed by atoms with Gasteiger partial charge in [0.05, 0.1) is 42.1 Å². The first kappa shape index (κ1) is 39.1. The highest BCUT2D eigenvalue weighted by Gasteiger charge is 2.31. The Labute approximate surface area is 297 Å². The molecule has 4 rings (SSSR count). The number of aliphatic carboxylic acids is 1. The number of nitrogens with one attached hydrogen (secondary N) is 1. The predicted octanol–water partition coefficient (Wildman–Crippen LogP) is 6.16. The molecule has 0 bridgehead atoms. The van der Waals surface area contributed by atoms with Gasteiger partial charge in [0, 0.05) is 36.3 Å². The normalized spacial score (nSPS) is 13.8. The van der Waals surface area contributed by atoms with Crippen LogP contribution in [0.5, 0.6) is 0 Å². The number of carbonyl (C=O) groups is 3. The smallest absolute Gasteiger partial charge is 0.305 e. The first-order valence-corrected chi connectivity index (χ1v) is 17.2. The topological polar surface area (TPSA) is 169 Å². The number of ketones is 1. The number of benzene rings is 3. The molecule has 0 aliphatic rings. The molecule has 0 aliphatic heterocycles. The minimum Gasteiger partial charge on any atom is -0.481 e. The SMILES string of the molecule is CC(C)c1c(C(=O)Nc2ccccc2)c(-c2ccccc2)c(-c2ccc(F)cc2)n1CCC(O)CC(O)CC(=O)CC[C@@H](O)C[C@@H](O)CC(=O)O. The fourth-order valence-electron chi connectivity index (χ4n) is 6.41. The van der Waals surface area contributed by atoms with Crippen LogP contribution in [0.1, 0.15) is 80.8 Å². The molecule has 0 saturated heterocycles. The van der Waals surface area contributed by atoms with Crippen molar-refractivity contribution in [2.45, 2.75) is 95.7 Å². The van der Waals surface area contributed by atoms with Gasteiger partial charge in [-0.1, -0.05) is 62.4 Å². The Morgan fingerprint density at radius 2 is 1.29 bits per heavy atom. The van der Waals surface area contributed by atoms with Crippen molar-refractivity contribution in [1.82, 2.24) is 4.57 Å². The summed E-state index contributed by atoms with van der Waals surface area (Å²) >= 11 is 0. The van der Waals surface area contributed by atoms with E-state index in [0.29, 0.717) is 28.1 Å². The molecule has 0 fully saturated rings. The molecule has 0 spiro atoms. The van der Waals surface area contributed by atoms with E-state index in [1.807, 2.05) is 66.9 Å². The van der Waals surface area contributed by atoms with E-state index in [1.54, 1.807) is 24.3 Å². The number of anilines is 1. The fraction of sp³-hybridized carbons (Fsp3) is 0.375. The van der Waals surface area contributed by atoms with Crippen molar-refractivity contribution in [2.24, 2.45) is 0 Å². The van der Waals surface area contributed by atoms with Crippen molar-refractivity contribution >= 4 is 23.3 Å². The number of amides is 1. The Hall–Kier alpha value is -4.68. The molecule has 4 atom stereocenters. The monoisotopic (exact) mass is 702 g/mol. The van der Waals surface area contributed by atoms with Gasteiger partial charge in [-0.05, 0) is 79.1 Å². The summed E-state index contributed by atoms with van der Waals surface area (Å²) in [5, 5.41) is 53.3. The van der Waals surface area contributed by atoms with Gasteiger partial charge >= 0.3 is 5.97 Å². The maximum absolute atomic E-state index is 14.2. The van der Waals surface area contributed by atoms with E-state index in [1.165, 1.54) is 12.1 Å². The number of carbonyl (C=O) groups excluding carboxylic acids is 2. The number of aliphatic hydroxyl groups is 4. The molecule has 0 radical (unpaired) electrons. The Morgan fingerprint density at radius 3 is 1.88 bits per heavy atom. The van der Waals surface area contributed by atoms with Gasteiger partial charge in [0.15, 0.2) is 0 Å². The van der Waals surface area contributed by atoms with E-state index in [2.05, 4.69) is 5.32 Å². The molecule has 11 heteroatoms. The summed E-state index contributed by atoms with van der Waals surface area (Å²) in [5.74, 6) is -2.41. The molecule has 1 aromatic heterocycles. The van der Waals surface area contributed by atoms with Gasteiger partial charge in [0.1, 0.15) is 11.6 Å². The molecule has 2 unspecified atom stereocenters. The van der Waals surface area contributed by atoms with Crippen molar-refractivity contribution < 1.29 is 44.3 Å². The molecule has 272 valence electrons. The Morgan fingerprint density at radius 1 is 0.725 bits per heavy atom. The molecule has 1 amide bonds. The standard InChI is InChI=1S/C40H47FN2O8/c1-25(2)38-37(40(51)42-29-11-7-4-8-12-29)36(26-9-5-3-6-10-26)39(27-13-15-28(41)16-14-27)43(38)20-19-32(46)23-33(47)21-30(44)17-18-31(45)22-34(48)24-35(49)50/h3-16,25,31-34,45-48H,17-24H2,1-2H3,(H,42,51)(H,49,50)/t31-,32?,33?,34-/m1/s1. The second kappa shape index (κ2) is 18.5. The first-order chi connectivity index (χ1) is 24.3. The second-order valence-electron chi connectivity index (χ2n) is 13.2. The molecule has 3 aromatic carbocycles. The largest absolute Gasteiger partial charge is 0.481 e. The van der Waals surface area contributed by atoms with Gasteiger partial charge in [0.2, 0.25) is 0 Å². The zero-order valence-electron chi connectivity index (χ0n) is 28.9. The summed E-state index contributed by atoms with van der Waals surface area (Å²) in [4.78, 5) is 37.5. The Bertz CT molecular complexity index is 1740. The maximum atomic E-state index is 14.2. The van der Waals surface area contributed by atoms with Crippen LogP contribution < -0.4 is 5.32 Å². The third-order valence-corrected chi connectivity index (χ3v) is 8.69. The summed E-state index contributed by atoms with van der Waals surface area (Å²) in [6.45, 7) is 4.19. The van der Waals surface area contributed by atoms with E-state index in [4.69, 9.17) is 5.11 Å². The number of Topliss-reactive ketones (excluding diaryl/α,β-unsaturated/α-hetero) is 1. The van der Waals surface area contributed by atoms with E-state index in [-0.39, 0.29) is 62.7 Å². The minimum atomic E-state index is -1.23. The summed E-state index contributed by atoms with van der Waals surface area (Å²) in [5.41, 5.74) is 4.60. The molecule has 6 N–H and O–H groups in total. The van der Waals surface area contributed by atoms with Gasteiger partial charge in [-0.2, -0.15) is 0 Å². The first-order valence-electron chi connectivity index (χ1n) is 17.2. The van der Waals surface area contributed by atoms with Crippen LogP contribution in [0.15, 0.2) is 84.9 Å². The van der Waals surface area contributed by atoms with Crippen LogP contribution in [0.25, 0.3) is 22.4 Å². The summed E-state index contributed by atoms with van der Waals surface area (Å²) in [6, 6.07) is 24.6. The Balaban J connectivity index is 1.59. The number of halogens is 1. The van der Waals surface area contributed by atoms with Crippen LogP contribution in [0, 0.1) is 5.82 Å². The number of rotatable bonds is 19.